The smallest absolute Gasteiger partial charge is 0.0655 e. The van der Waals surface area contributed by atoms with Crippen molar-refractivity contribution in [2.24, 2.45) is 5.92 Å². The highest BCUT2D eigenvalue weighted by atomic mass is 79.9. The molecule has 1 fully saturated rings. The molecule has 2 nitrogen and oxygen atoms in total. The van der Waals surface area contributed by atoms with E-state index in [2.05, 4.69) is 38.8 Å². The first-order valence-corrected chi connectivity index (χ1v) is 7.31. The van der Waals surface area contributed by atoms with Crippen LogP contribution in [-0.4, -0.2) is 6.04 Å². The quantitative estimate of drug-likeness (QED) is 0.924. The van der Waals surface area contributed by atoms with Crippen molar-refractivity contribution < 1.29 is 0 Å². The minimum Gasteiger partial charge on any atom is -0.309 e. The second-order valence-corrected chi connectivity index (χ2v) is 6.20. The van der Waals surface area contributed by atoms with E-state index in [1.165, 1.54) is 9.35 Å². The van der Waals surface area contributed by atoms with Gasteiger partial charge in [0.1, 0.15) is 0 Å². The molecule has 0 aromatic carbocycles. The Kier molecular flexibility index (Phi) is 4.39. The van der Waals surface area contributed by atoms with Crippen LogP contribution in [0.1, 0.15) is 30.6 Å². The Bertz CT molecular complexity index is 375. The first-order valence-electron chi connectivity index (χ1n) is 5.64. The number of nitriles is 1. The molecule has 2 rings (SSSR count). The fourth-order valence-corrected chi connectivity index (χ4v) is 3.52. The van der Waals surface area contributed by atoms with Gasteiger partial charge in [0.05, 0.1) is 6.07 Å². The first kappa shape index (κ1) is 12.1. The molecule has 0 spiro atoms. The van der Waals surface area contributed by atoms with Crippen LogP contribution in [0.5, 0.6) is 0 Å². The lowest BCUT2D eigenvalue weighted by molar-refractivity contribution is 0.332. The maximum atomic E-state index is 8.81. The van der Waals surface area contributed by atoms with Crippen molar-refractivity contribution in [3.05, 3.63) is 20.8 Å². The van der Waals surface area contributed by atoms with Crippen molar-refractivity contribution in [1.82, 2.24) is 5.32 Å². The molecular weight excluding hydrogens is 284 g/mol. The fraction of sp³-hybridized carbons (Fsp3) is 0.583. The van der Waals surface area contributed by atoms with Crippen molar-refractivity contribution in [2.45, 2.75) is 38.3 Å². The Balaban J connectivity index is 1.74. The first-order chi connectivity index (χ1) is 7.78. The zero-order chi connectivity index (χ0) is 11.4. The Morgan fingerprint density at radius 1 is 1.44 bits per heavy atom. The van der Waals surface area contributed by atoms with E-state index in [0.717, 1.165) is 32.2 Å². The molecule has 0 radical (unpaired) electrons. The topological polar surface area (TPSA) is 35.8 Å². The molecule has 0 unspecified atom stereocenters. The predicted molar refractivity (Wildman–Crippen MR) is 70.2 cm³/mol. The fourth-order valence-electron chi connectivity index (χ4n) is 2.12. The summed E-state index contributed by atoms with van der Waals surface area (Å²) in [4.78, 5) is 1.37. The van der Waals surface area contributed by atoms with Crippen LogP contribution in [0.4, 0.5) is 0 Å². The summed E-state index contributed by atoms with van der Waals surface area (Å²) in [5.74, 6) is 0.300. The summed E-state index contributed by atoms with van der Waals surface area (Å²) >= 11 is 5.24. The highest BCUT2D eigenvalue weighted by Gasteiger charge is 2.20. The van der Waals surface area contributed by atoms with Gasteiger partial charge >= 0.3 is 0 Å². The van der Waals surface area contributed by atoms with Gasteiger partial charge in [-0.2, -0.15) is 5.26 Å². The molecule has 1 aliphatic rings. The standard InChI is InChI=1S/C12H15BrN2S/c13-10-5-12(16-8-10)7-15-11-3-1-9(6-14)2-4-11/h5,8-9,11,15H,1-4,7H2. The molecule has 1 heterocycles. The number of hydrogen-bond acceptors (Lipinski definition) is 3. The van der Waals surface area contributed by atoms with Gasteiger partial charge < -0.3 is 5.32 Å². The lowest BCUT2D eigenvalue weighted by Crippen LogP contribution is -2.32. The maximum absolute atomic E-state index is 8.81. The highest BCUT2D eigenvalue weighted by Crippen LogP contribution is 2.24. The summed E-state index contributed by atoms with van der Waals surface area (Å²) in [7, 11) is 0. The van der Waals surface area contributed by atoms with Crippen LogP contribution in [0, 0.1) is 17.2 Å². The van der Waals surface area contributed by atoms with Gasteiger partial charge in [0, 0.05) is 33.2 Å². The van der Waals surface area contributed by atoms with E-state index in [1.54, 1.807) is 11.3 Å². The largest absolute Gasteiger partial charge is 0.309 e. The number of hydrogen-bond donors (Lipinski definition) is 1. The van der Waals surface area contributed by atoms with E-state index in [-0.39, 0.29) is 0 Å². The Morgan fingerprint density at radius 3 is 2.75 bits per heavy atom. The molecule has 1 aliphatic carbocycles. The van der Waals surface area contributed by atoms with Gasteiger partial charge in [0.2, 0.25) is 0 Å². The summed E-state index contributed by atoms with van der Waals surface area (Å²) in [5.41, 5.74) is 0. The number of thiophene rings is 1. The monoisotopic (exact) mass is 298 g/mol. The second-order valence-electron chi connectivity index (χ2n) is 4.29. The number of halogens is 1. The van der Waals surface area contributed by atoms with Crippen molar-refractivity contribution in [1.29, 1.82) is 5.26 Å². The minimum absolute atomic E-state index is 0.300. The third-order valence-corrected chi connectivity index (χ3v) is 4.79. The van der Waals surface area contributed by atoms with Crippen LogP contribution in [0.2, 0.25) is 0 Å². The summed E-state index contributed by atoms with van der Waals surface area (Å²) in [6.07, 6.45) is 4.40. The lowest BCUT2D eigenvalue weighted by Gasteiger charge is -2.25. The average Bonchev–Trinajstić information content (AvgIpc) is 2.73. The molecule has 1 saturated carbocycles. The van der Waals surface area contributed by atoms with E-state index < -0.39 is 0 Å². The molecule has 16 heavy (non-hydrogen) atoms. The summed E-state index contributed by atoms with van der Waals surface area (Å²) < 4.78 is 1.17. The Morgan fingerprint density at radius 2 is 2.19 bits per heavy atom. The van der Waals surface area contributed by atoms with Gasteiger partial charge in [0.25, 0.3) is 0 Å². The Labute approximate surface area is 109 Å². The zero-order valence-corrected chi connectivity index (χ0v) is 11.5. The molecule has 0 saturated heterocycles. The van der Waals surface area contributed by atoms with Crippen LogP contribution in [0.3, 0.4) is 0 Å². The molecule has 0 aliphatic heterocycles. The normalized spacial score (nSPS) is 25.2. The van der Waals surface area contributed by atoms with Gasteiger partial charge in [-0.1, -0.05) is 0 Å². The van der Waals surface area contributed by atoms with Gasteiger partial charge in [0.15, 0.2) is 0 Å². The number of nitrogens with zero attached hydrogens (tertiary/aromatic N) is 1. The van der Waals surface area contributed by atoms with Crippen molar-refractivity contribution >= 4 is 27.3 Å². The van der Waals surface area contributed by atoms with Crippen molar-refractivity contribution in [3.8, 4) is 6.07 Å². The van der Waals surface area contributed by atoms with Crippen molar-refractivity contribution in [2.75, 3.05) is 0 Å². The predicted octanol–water partition coefficient (Wildman–Crippen LogP) is 3.68. The second kappa shape index (κ2) is 5.81. The molecular formula is C12H15BrN2S. The summed E-state index contributed by atoms with van der Waals surface area (Å²) in [6.45, 7) is 0.957. The lowest BCUT2D eigenvalue weighted by atomic mass is 9.87. The van der Waals surface area contributed by atoms with Gasteiger partial charge in [-0.05, 0) is 47.7 Å². The van der Waals surface area contributed by atoms with Crippen LogP contribution >= 0.6 is 27.3 Å². The van der Waals surface area contributed by atoms with E-state index >= 15 is 0 Å². The molecule has 0 atom stereocenters. The van der Waals surface area contributed by atoms with E-state index in [0.29, 0.717) is 12.0 Å². The van der Waals surface area contributed by atoms with Crippen LogP contribution in [0.15, 0.2) is 15.9 Å². The van der Waals surface area contributed by atoms with Crippen LogP contribution < -0.4 is 5.32 Å². The third-order valence-electron chi connectivity index (χ3n) is 3.10. The number of nitrogens with one attached hydrogen (secondary N) is 1. The average molecular weight is 299 g/mol. The third kappa shape index (κ3) is 3.31. The van der Waals surface area contributed by atoms with Gasteiger partial charge in [-0.15, -0.1) is 11.3 Å². The summed E-state index contributed by atoms with van der Waals surface area (Å²) in [6, 6.07) is 5.14. The summed E-state index contributed by atoms with van der Waals surface area (Å²) in [5, 5.41) is 14.5. The zero-order valence-electron chi connectivity index (χ0n) is 9.08. The Hall–Kier alpha value is -0.370. The SMILES string of the molecule is N#CC1CCC(NCc2cc(Br)cs2)CC1. The molecule has 1 N–H and O–H groups in total. The van der Waals surface area contributed by atoms with E-state index in [4.69, 9.17) is 5.26 Å². The highest BCUT2D eigenvalue weighted by molar-refractivity contribution is 9.10. The van der Waals surface area contributed by atoms with Crippen molar-refractivity contribution in [3.63, 3.8) is 0 Å². The van der Waals surface area contributed by atoms with E-state index in [1.807, 2.05) is 0 Å². The molecule has 0 amide bonds. The van der Waals surface area contributed by atoms with Gasteiger partial charge in [-0.25, -0.2) is 0 Å². The number of rotatable bonds is 3. The minimum atomic E-state index is 0.300. The van der Waals surface area contributed by atoms with Crippen LogP contribution in [-0.2, 0) is 6.54 Å². The maximum Gasteiger partial charge on any atom is 0.0655 e. The molecule has 0 bridgehead atoms. The van der Waals surface area contributed by atoms with E-state index in [9.17, 15) is 0 Å². The molecule has 1 aromatic rings. The van der Waals surface area contributed by atoms with Crippen LogP contribution in [0.25, 0.3) is 0 Å². The van der Waals surface area contributed by atoms with Gasteiger partial charge in [-0.3, -0.25) is 0 Å². The molecule has 4 heteroatoms. The molecule has 1 aromatic heterocycles. The molecule has 86 valence electrons.